The van der Waals surface area contributed by atoms with Gasteiger partial charge in [-0.25, -0.2) is 4.98 Å². The van der Waals surface area contributed by atoms with E-state index < -0.39 is 4.92 Å². The van der Waals surface area contributed by atoms with Crippen LogP contribution in [0.2, 0.25) is 0 Å². The number of rotatable bonds is 3. The lowest BCUT2D eigenvalue weighted by Crippen LogP contribution is -2.35. The first-order chi connectivity index (χ1) is 9.61. The number of hydrogen-bond donors (Lipinski definition) is 1. The van der Waals surface area contributed by atoms with E-state index in [0.717, 1.165) is 31.9 Å². The van der Waals surface area contributed by atoms with Gasteiger partial charge >= 0.3 is 0 Å². The molecule has 0 aromatic carbocycles. The van der Waals surface area contributed by atoms with Crippen molar-refractivity contribution >= 4 is 27.4 Å². The predicted molar refractivity (Wildman–Crippen MR) is 79.9 cm³/mol. The molecule has 3 unspecified atom stereocenters. The van der Waals surface area contributed by atoms with Crippen LogP contribution in [0.5, 0.6) is 0 Å². The number of aromatic nitrogens is 1. The maximum atomic E-state index is 10.8. The minimum atomic E-state index is -0.415. The Balaban J connectivity index is 1.91. The van der Waals surface area contributed by atoms with Crippen LogP contribution in [0.25, 0.3) is 0 Å². The van der Waals surface area contributed by atoms with Gasteiger partial charge in [-0.1, -0.05) is 6.92 Å². The van der Waals surface area contributed by atoms with E-state index in [0.29, 0.717) is 22.4 Å². The lowest BCUT2D eigenvalue weighted by Gasteiger charge is -2.28. The summed E-state index contributed by atoms with van der Waals surface area (Å²) in [5.41, 5.74) is 0.0229. The van der Waals surface area contributed by atoms with Gasteiger partial charge in [-0.3, -0.25) is 10.1 Å². The van der Waals surface area contributed by atoms with E-state index in [1.165, 1.54) is 6.20 Å². The molecule has 0 bridgehead atoms. The summed E-state index contributed by atoms with van der Waals surface area (Å²) in [6, 6.07) is 2.00. The Morgan fingerprint density at radius 3 is 3.05 bits per heavy atom. The predicted octanol–water partition coefficient (Wildman–Crippen LogP) is 2.19. The van der Waals surface area contributed by atoms with E-state index in [1.54, 1.807) is 6.07 Å². The number of halogens is 1. The topological polar surface area (TPSA) is 71.3 Å². The van der Waals surface area contributed by atoms with Crippen molar-refractivity contribution in [3.8, 4) is 0 Å². The van der Waals surface area contributed by atoms with Gasteiger partial charge in [0, 0.05) is 31.7 Å². The summed E-state index contributed by atoms with van der Waals surface area (Å²) in [7, 11) is 0. The minimum Gasteiger partial charge on any atom is -0.352 e. The van der Waals surface area contributed by atoms with Crippen LogP contribution in [0, 0.1) is 22.0 Å². The standard InChI is InChI=1S/C13H17BrN4O2/c1-2-12-10-6-15-4-8(10)7-17(12)13-11(14)3-9(5-16-13)18(19)20/h3,5,8,10,12,15H,2,4,6-7H2,1H3. The Labute approximate surface area is 125 Å². The molecule has 3 heterocycles. The maximum absolute atomic E-state index is 10.8. The maximum Gasteiger partial charge on any atom is 0.288 e. The summed E-state index contributed by atoms with van der Waals surface area (Å²) in [5, 5.41) is 14.2. The molecule has 7 heteroatoms. The van der Waals surface area contributed by atoms with Crippen molar-refractivity contribution in [2.24, 2.45) is 11.8 Å². The zero-order valence-corrected chi connectivity index (χ0v) is 12.8. The third-order valence-corrected chi connectivity index (χ3v) is 5.01. The number of fused-ring (bicyclic) bond motifs is 1. The van der Waals surface area contributed by atoms with E-state index >= 15 is 0 Å². The molecule has 0 radical (unpaired) electrons. The SMILES string of the molecule is CCC1C2CNCC2CN1c1ncc([N+](=O)[O-])cc1Br. The molecule has 1 N–H and O–H groups in total. The Bertz CT molecular complexity index is 539. The molecule has 0 saturated carbocycles. The lowest BCUT2D eigenvalue weighted by molar-refractivity contribution is -0.385. The molecule has 1 aromatic rings. The van der Waals surface area contributed by atoms with E-state index in [-0.39, 0.29) is 5.69 Å². The second kappa shape index (κ2) is 5.29. The first-order valence-electron chi connectivity index (χ1n) is 6.89. The van der Waals surface area contributed by atoms with E-state index in [2.05, 4.69) is 38.1 Å². The van der Waals surface area contributed by atoms with E-state index in [4.69, 9.17) is 0 Å². The fourth-order valence-electron chi connectivity index (χ4n) is 3.52. The van der Waals surface area contributed by atoms with Crippen molar-refractivity contribution in [1.82, 2.24) is 10.3 Å². The first kappa shape index (κ1) is 13.8. The van der Waals surface area contributed by atoms with Gasteiger partial charge in [-0.2, -0.15) is 0 Å². The molecule has 0 aliphatic carbocycles. The monoisotopic (exact) mass is 340 g/mol. The third kappa shape index (κ3) is 2.18. The van der Waals surface area contributed by atoms with Crippen molar-refractivity contribution < 1.29 is 4.92 Å². The summed E-state index contributed by atoms with van der Waals surface area (Å²) in [4.78, 5) is 17.0. The van der Waals surface area contributed by atoms with Crippen molar-refractivity contribution in [3.05, 3.63) is 26.9 Å². The van der Waals surface area contributed by atoms with Crippen LogP contribution in [0.1, 0.15) is 13.3 Å². The Kier molecular flexibility index (Phi) is 3.64. The largest absolute Gasteiger partial charge is 0.352 e. The number of nitrogens with zero attached hydrogens (tertiary/aromatic N) is 3. The van der Waals surface area contributed by atoms with Gasteiger partial charge in [-0.05, 0) is 34.2 Å². The fraction of sp³-hybridized carbons (Fsp3) is 0.615. The highest BCUT2D eigenvalue weighted by atomic mass is 79.9. The van der Waals surface area contributed by atoms with Crippen molar-refractivity contribution in [2.75, 3.05) is 24.5 Å². The average molecular weight is 341 g/mol. The Morgan fingerprint density at radius 2 is 2.40 bits per heavy atom. The molecular formula is C13H17BrN4O2. The van der Waals surface area contributed by atoms with E-state index in [1.807, 2.05) is 0 Å². The second-order valence-electron chi connectivity index (χ2n) is 5.47. The van der Waals surface area contributed by atoms with Gasteiger partial charge < -0.3 is 10.2 Å². The molecule has 20 heavy (non-hydrogen) atoms. The highest BCUT2D eigenvalue weighted by Crippen LogP contribution is 2.39. The quantitative estimate of drug-likeness (QED) is 0.674. The number of nitrogens with one attached hydrogen (secondary N) is 1. The number of pyridine rings is 1. The molecule has 3 rings (SSSR count). The van der Waals surface area contributed by atoms with Crippen LogP contribution in [0.15, 0.2) is 16.7 Å². The summed E-state index contributed by atoms with van der Waals surface area (Å²) < 4.78 is 0.707. The van der Waals surface area contributed by atoms with Gasteiger partial charge in [0.05, 0.1) is 9.40 Å². The summed E-state index contributed by atoms with van der Waals surface area (Å²) in [5.74, 6) is 2.14. The van der Waals surface area contributed by atoms with Crippen LogP contribution < -0.4 is 10.2 Å². The van der Waals surface area contributed by atoms with Gasteiger partial charge in [0.15, 0.2) is 0 Å². The van der Waals surface area contributed by atoms with Crippen molar-refractivity contribution in [3.63, 3.8) is 0 Å². The van der Waals surface area contributed by atoms with E-state index in [9.17, 15) is 10.1 Å². The minimum absolute atomic E-state index is 0.0229. The van der Waals surface area contributed by atoms with Crippen molar-refractivity contribution in [2.45, 2.75) is 19.4 Å². The normalized spacial score (nSPS) is 28.7. The van der Waals surface area contributed by atoms with Gasteiger partial charge in [0.25, 0.3) is 5.69 Å². The highest BCUT2D eigenvalue weighted by molar-refractivity contribution is 9.10. The van der Waals surface area contributed by atoms with Crippen LogP contribution in [0.4, 0.5) is 11.5 Å². The fourth-order valence-corrected chi connectivity index (χ4v) is 4.09. The molecule has 6 nitrogen and oxygen atoms in total. The number of hydrogen-bond acceptors (Lipinski definition) is 5. The van der Waals surface area contributed by atoms with Crippen molar-refractivity contribution in [1.29, 1.82) is 0 Å². The number of nitro groups is 1. The molecule has 108 valence electrons. The molecule has 2 aliphatic rings. The number of anilines is 1. The van der Waals surface area contributed by atoms with Gasteiger partial charge in [-0.15, -0.1) is 0 Å². The summed E-state index contributed by atoms with van der Waals surface area (Å²) in [6.07, 6.45) is 2.41. The van der Waals surface area contributed by atoms with Gasteiger partial charge in [0.2, 0.25) is 0 Å². The zero-order valence-electron chi connectivity index (χ0n) is 11.3. The second-order valence-corrected chi connectivity index (χ2v) is 6.32. The summed E-state index contributed by atoms with van der Waals surface area (Å²) in [6.45, 7) is 5.28. The first-order valence-corrected chi connectivity index (χ1v) is 7.68. The Hall–Kier alpha value is -1.21. The molecule has 3 atom stereocenters. The zero-order chi connectivity index (χ0) is 14.3. The van der Waals surface area contributed by atoms with Crippen LogP contribution in [0.3, 0.4) is 0 Å². The molecule has 2 fully saturated rings. The average Bonchev–Trinajstić information content (AvgIpc) is 2.98. The van der Waals surface area contributed by atoms with Crippen LogP contribution in [-0.2, 0) is 0 Å². The summed E-state index contributed by atoms with van der Waals surface area (Å²) >= 11 is 3.44. The Morgan fingerprint density at radius 1 is 1.60 bits per heavy atom. The van der Waals surface area contributed by atoms with Crippen LogP contribution >= 0.6 is 15.9 Å². The molecule has 2 saturated heterocycles. The molecule has 0 spiro atoms. The molecule has 1 aromatic heterocycles. The van der Waals surface area contributed by atoms with Gasteiger partial charge in [0.1, 0.15) is 12.0 Å². The third-order valence-electron chi connectivity index (χ3n) is 4.43. The molecule has 0 amide bonds. The lowest BCUT2D eigenvalue weighted by atomic mass is 9.93. The molecular weight excluding hydrogens is 324 g/mol. The highest BCUT2D eigenvalue weighted by Gasteiger charge is 2.44. The molecule has 2 aliphatic heterocycles. The smallest absolute Gasteiger partial charge is 0.288 e. The van der Waals surface area contributed by atoms with Crippen LogP contribution in [-0.4, -0.2) is 35.6 Å².